The first-order chi connectivity index (χ1) is 14.8. The maximum Gasteiger partial charge on any atom is 0.145 e. The molecule has 0 spiro atoms. The summed E-state index contributed by atoms with van der Waals surface area (Å²) in [6.07, 6.45) is 17.4. The number of ether oxygens (including phenoxy) is 1. The molecule has 1 fully saturated rings. The molecule has 1 aromatic carbocycles. The van der Waals surface area contributed by atoms with Crippen LogP contribution in [0.1, 0.15) is 109 Å². The molecular formula is C27H41NO2. The van der Waals surface area contributed by atoms with Gasteiger partial charge in [-0.05, 0) is 37.3 Å². The molecule has 3 rings (SSSR count). The minimum absolute atomic E-state index is 0.482. The van der Waals surface area contributed by atoms with Gasteiger partial charge in [0.1, 0.15) is 11.3 Å². The number of aliphatic hydroxyl groups is 1. The molecule has 0 aliphatic heterocycles. The highest BCUT2D eigenvalue weighted by atomic mass is 16.5. The normalized spacial score (nSPS) is 14.9. The maximum absolute atomic E-state index is 10.6. The summed E-state index contributed by atoms with van der Waals surface area (Å²) in [5, 5.41) is 11.7. The highest BCUT2D eigenvalue weighted by molar-refractivity contribution is 5.84. The van der Waals surface area contributed by atoms with Crippen LogP contribution in [-0.4, -0.2) is 16.7 Å². The zero-order valence-electron chi connectivity index (χ0n) is 19.0. The van der Waals surface area contributed by atoms with Crippen molar-refractivity contribution in [2.24, 2.45) is 5.92 Å². The summed E-state index contributed by atoms with van der Waals surface area (Å²) in [6.45, 7) is 3.06. The van der Waals surface area contributed by atoms with Gasteiger partial charge in [0, 0.05) is 5.39 Å². The second-order valence-corrected chi connectivity index (χ2v) is 9.16. The molecule has 1 atom stereocenters. The topological polar surface area (TPSA) is 42.4 Å². The van der Waals surface area contributed by atoms with Gasteiger partial charge in [0.15, 0.2) is 0 Å². The number of aliphatic hydroxyl groups excluding tert-OH is 1. The van der Waals surface area contributed by atoms with E-state index >= 15 is 0 Å². The first-order valence-electron chi connectivity index (χ1n) is 12.5. The molecule has 0 radical (unpaired) electrons. The van der Waals surface area contributed by atoms with Crippen LogP contribution in [0.4, 0.5) is 0 Å². The Morgan fingerprint density at radius 2 is 1.57 bits per heavy atom. The van der Waals surface area contributed by atoms with Gasteiger partial charge in [0.05, 0.1) is 18.4 Å². The molecule has 2 aromatic rings. The van der Waals surface area contributed by atoms with Crippen LogP contribution in [0.25, 0.3) is 10.9 Å². The Balaban J connectivity index is 1.35. The highest BCUT2D eigenvalue weighted by Gasteiger charge is 2.22. The molecular weight excluding hydrogens is 370 g/mol. The molecule has 0 amide bonds. The van der Waals surface area contributed by atoms with Gasteiger partial charge in [-0.15, -0.1) is 0 Å². The summed E-state index contributed by atoms with van der Waals surface area (Å²) in [6, 6.07) is 10.1. The molecule has 0 bridgehead atoms. The van der Waals surface area contributed by atoms with Gasteiger partial charge >= 0.3 is 0 Å². The van der Waals surface area contributed by atoms with E-state index in [9.17, 15) is 5.11 Å². The van der Waals surface area contributed by atoms with Crippen molar-refractivity contribution in [3.8, 4) is 5.75 Å². The van der Waals surface area contributed by atoms with Gasteiger partial charge in [0.25, 0.3) is 0 Å². The second-order valence-electron chi connectivity index (χ2n) is 9.16. The predicted octanol–water partition coefficient (Wildman–Crippen LogP) is 7.76. The van der Waals surface area contributed by atoms with Crippen LogP contribution in [0.2, 0.25) is 0 Å². The fourth-order valence-electron chi connectivity index (χ4n) is 4.08. The molecule has 1 unspecified atom stereocenters. The van der Waals surface area contributed by atoms with Crippen molar-refractivity contribution < 1.29 is 9.84 Å². The summed E-state index contributed by atoms with van der Waals surface area (Å²) in [5.41, 5.74) is 1.66. The van der Waals surface area contributed by atoms with E-state index in [1.54, 1.807) is 0 Å². The van der Waals surface area contributed by atoms with E-state index in [0.29, 0.717) is 0 Å². The molecule has 3 nitrogen and oxygen atoms in total. The SMILES string of the molecule is CCCCCCCCCCCCCC(O)c1ccc2cccc(OCC3CC3)c2n1. The van der Waals surface area contributed by atoms with Crippen molar-refractivity contribution in [1.29, 1.82) is 0 Å². The summed E-state index contributed by atoms with van der Waals surface area (Å²) in [4.78, 5) is 4.77. The highest BCUT2D eigenvalue weighted by Crippen LogP contribution is 2.32. The number of para-hydroxylation sites is 1. The smallest absolute Gasteiger partial charge is 0.145 e. The Kier molecular flexibility index (Phi) is 9.95. The van der Waals surface area contributed by atoms with Crippen LogP contribution in [-0.2, 0) is 0 Å². The summed E-state index contributed by atoms with van der Waals surface area (Å²) in [7, 11) is 0. The van der Waals surface area contributed by atoms with Crippen molar-refractivity contribution >= 4 is 10.9 Å². The number of aromatic nitrogens is 1. The van der Waals surface area contributed by atoms with Crippen LogP contribution in [0, 0.1) is 5.92 Å². The third kappa shape index (κ3) is 7.91. The number of rotatable bonds is 16. The molecule has 0 saturated heterocycles. The van der Waals surface area contributed by atoms with E-state index in [1.165, 1.54) is 77.0 Å². The maximum atomic E-state index is 10.6. The second kappa shape index (κ2) is 12.9. The lowest BCUT2D eigenvalue weighted by molar-refractivity contribution is 0.159. The third-order valence-corrected chi connectivity index (χ3v) is 6.30. The van der Waals surface area contributed by atoms with Crippen molar-refractivity contribution in [3.05, 3.63) is 36.0 Å². The Bertz CT molecular complexity index is 741. The average molecular weight is 412 g/mol. The molecule has 1 saturated carbocycles. The van der Waals surface area contributed by atoms with Gasteiger partial charge < -0.3 is 9.84 Å². The lowest BCUT2D eigenvalue weighted by Gasteiger charge is -2.13. The zero-order valence-corrected chi connectivity index (χ0v) is 19.0. The lowest BCUT2D eigenvalue weighted by atomic mass is 10.0. The summed E-state index contributed by atoms with van der Waals surface area (Å²) in [5.74, 6) is 1.57. The fraction of sp³-hybridized carbons (Fsp3) is 0.667. The molecule has 1 aliphatic rings. The Morgan fingerprint density at radius 3 is 2.23 bits per heavy atom. The first-order valence-corrected chi connectivity index (χ1v) is 12.5. The third-order valence-electron chi connectivity index (χ3n) is 6.30. The van der Waals surface area contributed by atoms with E-state index < -0.39 is 6.10 Å². The Labute approximate surface area is 183 Å². The standard InChI is InChI=1S/C27H41NO2/c1-2-3-4-5-6-7-8-9-10-11-12-15-25(29)24-20-19-23-14-13-16-26(27(23)28-24)30-21-22-17-18-22/h13-14,16,19-20,22,25,29H,2-12,15,17-18,21H2,1H3. The Morgan fingerprint density at radius 1 is 0.900 bits per heavy atom. The summed E-state index contributed by atoms with van der Waals surface area (Å²) < 4.78 is 6.01. The van der Waals surface area contributed by atoms with E-state index in [1.807, 2.05) is 18.2 Å². The number of unbranched alkanes of at least 4 members (excludes halogenated alkanes) is 10. The van der Waals surface area contributed by atoms with Crippen LogP contribution >= 0.6 is 0 Å². The van der Waals surface area contributed by atoms with Crippen LogP contribution in [0.3, 0.4) is 0 Å². The minimum Gasteiger partial charge on any atom is -0.491 e. The number of hydrogen-bond donors (Lipinski definition) is 1. The van der Waals surface area contributed by atoms with E-state index in [4.69, 9.17) is 9.72 Å². The van der Waals surface area contributed by atoms with Gasteiger partial charge in [-0.1, -0.05) is 95.8 Å². The van der Waals surface area contributed by atoms with Gasteiger partial charge in [0.2, 0.25) is 0 Å². The minimum atomic E-state index is -0.482. The van der Waals surface area contributed by atoms with Crippen LogP contribution in [0.15, 0.2) is 30.3 Å². The zero-order chi connectivity index (χ0) is 21.0. The van der Waals surface area contributed by atoms with Gasteiger partial charge in [-0.3, -0.25) is 0 Å². The fourth-order valence-corrected chi connectivity index (χ4v) is 4.08. The predicted molar refractivity (Wildman–Crippen MR) is 126 cm³/mol. The molecule has 3 heteroatoms. The molecule has 1 heterocycles. The molecule has 1 N–H and O–H groups in total. The molecule has 30 heavy (non-hydrogen) atoms. The van der Waals surface area contributed by atoms with E-state index in [0.717, 1.165) is 47.7 Å². The quantitative estimate of drug-likeness (QED) is 0.287. The monoisotopic (exact) mass is 411 g/mol. The number of fused-ring (bicyclic) bond motifs is 1. The van der Waals surface area contributed by atoms with Gasteiger partial charge in [-0.2, -0.15) is 0 Å². The van der Waals surface area contributed by atoms with Crippen LogP contribution < -0.4 is 4.74 Å². The van der Waals surface area contributed by atoms with Crippen molar-refractivity contribution in [2.75, 3.05) is 6.61 Å². The van der Waals surface area contributed by atoms with Gasteiger partial charge in [-0.25, -0.2) is 4.98 Å². The van der Waals surface area contributed by atoms with Crippen LogP contribution in [0.5, 0.6) is 5.75 Å². The number of pyridine rings is 1. The molecule has 166 valence electrons. The van der Waals surface area contributed by atoms with E-state index in [2.05, 4.69) is 19.1 Å². The number of nitrogens with zero attached hydrogens (tertiary/aromatic N) is 1. The number of benzene rings is 1. The van der Waals surface area contributed by atoms with Crippen molar-refractivity contribution in [1.82, 2.24) is 4.98 Å². The lowest BCUT2D eigenvalue weighted by Crippen LogP contribution is -2.03. The number of hydrogen-bond acceptors (Lipinski definition) is 3. The van der Waals surface area contributed by atoms with E-state index in [-0.39, 0.29) is 0 Å². The van der Waals surface area contributed by atoms with Crippen molar-refractivity contribution in [2.45, 2.75) is 103 Å². The first kappa shape index (κ1) is 23.1. The average Bonchev–Trinajstić information content (AvgIpc) is 3.60. The largest absolute Gasteiger partial charge is 0.491 e. The summed E-state index contributed by atoms with van der Waals surface area (Å²) >= 11 is 0. The molecule has 1 aliphatic carbocycles. The Hall–Kier alpha value is -1.61. The van der Waals surface area contributed by atoms with Crippen molar-refractivity contribution in [3.63, 3.8) is 0 Å². The molecule has 1 aromatic heterocycles.